The van der Waals surface area contributed by atoms with Gasteiger partial charge in [0.05, 0.1) is 23.7 Å². The van der Waals surface area contributed by atoms with E-state index in [4.69, 9.17) is 20.4 Å². The van der Waals surface area contributed by atoms with Crippen LogP contribution in [0.15, 0.2) is 60.7 Å². The quantitative estimate of drug-likeness (QED) is 0.497. The maximum absolute atomic E-state index is 10.1. The molecule has 0 bridgehead atoms. The fourth-order valence-electron chi connectivity index (χ4n) is 4.33. The van der Waals surface area contributed by atoms with E-state index < -0.39 is 0 Å². The van der Waals surface area contributed by atoms with Crippen LogP contribution >= 0.6 is 0 Å². The maximum atomic E-state index is 10.1. The Labute approximate surface area is 186 Å². The van der Waals surface area contributed by atoms with Gasteiger partial charge >= 0.3 is 0 Å². The Morgan fingerprint density at radius 1 is 0.969 bits per heavy atom. The number of fused-ring (bicyclic) bond motifs is 1. The summed E-state index contributed by atoms with van der Waals surface area (Å²) in [6.45, 7) is 1.74. The second-order valence-electron chi connectivity index (χ2n) is 7.87. The Kier molecular flexibility index (Phi) is 5.08. The summed E-state index contributed by atoms with van der Waals surface area (Å²) >= 11 is 0. The number of nitriles is 1. The summed E-state index contributed by atoms with van der Waals surface area (Å²) in [4.78, 5) is 11.8. The fourth-order valence-corrected chi connectivity index (χ4v) is 4.33. The van der Waals surface area contributed by atoms with Gasteiger partial charge in [0.15, 0.2) is 5.82 Å². The zero-order chi connectivity index (χ0) is 22.1. The van der Waals surface area contributed by atoms with Crippen LogP contribution in [0.2, 0.25) is 0 Å². The monoisotopic (exact) mass is 421 g/mol. The van der Waals surface area contributed by atoms with Gasteiger partial charge in [0, 0.05) is 18.7 Å². The highest BCUT2D eigenvalue weighted by molar-refractivity contribution is 6.06. The van der Waals surface area contributed by atoms with Crippen molar-refractivity contribution in [3.63, 3.8) is 0 Å². The van der Waals surface area contributed by atoms with Crippen molar-refractivity contribution >= 4 is 22.5 Å². The zero-order valence-electron chi connectivity index (χ0n) is 17.9. The number of pyridine rings is 2. The minimum Gasteiger partial charge on any atom is -0.497 e. The van der Waals surface area contributed by atoms with Crippen molar-refractivity contribution in [1.29, 1.82) is 5.26 Å². The van der Waals surface area contributed by atoms with Gasteiger partial charge in [-0.3, -0.25) is 0 Å². The van der Waals surface area contributed by atoms with Crippen molar-refractivity contribution < 1.29 is 4.74 Å². The Bertz CT molecular complexity index is 1320. The van der Waals surface area contributed by atoms with Crippen LogP contribution in [0, 0.1) is 11.3 Å². The van der Waals surface area contributed by atoms with Gasteiger partial charge in [-0.05, 0) is 42.2 Å². The van der Waals surface area contributed by atoms with Crippen molar-refractivity contribution in [2.75, 3.05) is 30.8 Å². The highest BCUT2D eigenvalue weighted by Crippen LogP contribution is 2.39. The Hall–Kier alpha value is -4.11. The number of aromatic nitrogens is 2. The maximum Gasteiger partial charge on any atom is 0.151 e. The summed E-state index contributed by atoms with van der Waals surface area (Å²) in [5.41, 5.74) is 11.2. The number of anilines is 2. The number of hydrogen-bond donors (Lipinski definition) is 1. The van der Waals surface area contributed by atoms with Crippen molar-refractivity contribution in [2.45, 2.75) is 12.8 Å². The highest BCUT2D eigenvalue weighted by Gasteiger charge is 2.24. The van der Waals surface area contributed by atoms with Gasteiger partial charge in [-0.1, -0.05) is 42.5 Å². The molecule has 0 atom stereocenters. The van der Waals surface area contributed by atoms with E-state index in [1.54, 1.807) is 7.11 Å². The van der Waals surface area contributed by atoms with Crippen LogP contribution in [0.3, 0.4) is 0 Å². The van der Waals surface area contributed by atoms with Gasteiger partial charge in [0.1, 0.15) is 23.2 Å². The molecule has 4 aromatic rings. The highest BCUT2D eigenvalue weighted by atomic mass is 16.5. The minimum atomic E-state index is 0.388. The fraction of sp³-hybridized carbons (Fsp3) is 0.192. The number of rotatable bonds is 4. The van der Waals surface area contributed by atoms with E-state index in [2.05, 4.69) is 11.0 Å². The molecule has 0 saturated carbocycles. The normalized spacial score (nSPS) is 13.3. The summed E-state index contributed by atoms with van der Waals surface area (Å²) in [6, 6.07) is 22.2. The molecule has 1 aliphatic heterocycles. The number of hydrogen-bond acceptors (Lipinski definition) is 6. The standard InChI is InChI=1S/C26H23N5O/c1-32-19-11-9-17(10-12-19)20-15-22(18-7-3-2-4-8-18)29-24-21(16-27)26(30-25(28)23(20)24)31-13-5-6-14-31/h2-4,7-12,15H,5-6,13-14H2,1H3,(H2,28,30). The third-order valence-electron chi connectivity index (χ3n) is 5.95. The first-order valence-electron chi connectivity index (χ1n) is 10.7. The van der Waals surface area contributed by atoms with Crippen LogP contribution in [0.1, 0.15) is 18.4 Å². The Morgan fingerprint density at radius 2 is 1.69 bits per heavy atom. The molecule has 0 unspecified atom stereocenters. The molecule has 32 heavy (non-hydrogen) atoms. The minimum absolute atomic E-state index is 0.388. The number of ether oxygens (including phenoxy) is 1. The van der Waals surface area contributed by atoms with Crippen LogP contribution in [0.5, 0.6) is 5.75 Å². The Balaban J connectivity index is 1.84. The number of nitrogen functional groups attached to an aromatic ring is 1. The molecule has 1 saturated heterocycles. The number of nitrogens with two attached hydrogens (primary N) is 1. The van der Waals surface area contributed by atoms with E-state index in [9.17, 15) is 5.26 Å². The third kappa shape index (κ3) is 3.38. The van der Waals surface area contributed by atoms with Crippen molar-refractivity contribution in [1.82, 2.24) is 9.97 Å². The zero-order valence-corrected chi connectivity index (χ0v) is 17.9. The van der Waals surface area contributed by atoms with Gasteiger partial charge in [0.2, 0.25) is 0 Å². The molecule has 5 rings (SSSR count). The molecule has 0 aliphatic carbocycles. The van der Waals surface area contributed by atoms with Crippen LogP contribution in [0.4, 0.5) is 11.6 Å². The van der Waals surface area contributed by atoms with E-state index in [1.165, 1.54) is 0 Å². The predicted octanol–water partition coefficient (Wildman–Crippen LogP) is 5.03. The summed E-state index contributed by atoms with van der Waals surface area (Å²) < 4.78 is 5.32. The molecule has 1 fully saturated rings. The van der Waals surface area contributed by atoms with Crippen molar-refractivity contribution in [2.24, 2.45) is 0 Å². The van der Waals surface area contributed by atoms with Crippen LogP contribution in [-0.2, 0) is 0 Å². The molecule has 158 valence electrons. The van der Waals surface area contributed by atoms with Crippen LogP contribution in [0.25, 0.3) is 33.3 Å². The summed E-state index contributed by atoms with van der Waals surface area (Å²) in [5, 5.41) is 10.8. The molecule has 2 aromatic carbocycles. The first kappa shape index (κ1) is 19.8. The van der Waals surface area contributed by atoms with E-state index in [-0.39, 0.29) is 0 Å². The van der Waals surface area contributed by atoms with E-state index >= 15 is 0 Å². The smallest absolute Gasteiger partial charge is 0.151 e. The molecule has 2 N–H and O–H groups in total. The molecule has 3 heterocycles. The van der Waals surface area contributed by atoms with Crippen LogP contribution in [-0.4, -0.2) is 30.2 Å². The average molecular weight is 422 g/mol. The summed E-state index contributed by atoms with van der Waals surface area (Å²) in [7, 11) is 1.64. The largest absolute Gasteiger partial charge is 0.497 e. The number of methoxy groups -OCH3 is 1. The second-order valence-corrected chi connectivity index (χ2v) is 7.87. The SMILES string of the molecule is COc1ccc(-c2cc(-c3ccccc3)nc3c(C#N)c(N4CCCC4)nc(N)c23)cc1. The molecule has 2 aromatic heterocycles. The third-order valence-corrected chi connectivity index (χ3v) is 5.95. The van der Waals surface area contributed by atoms with Gasteiger partial charge in [-0.15, -0.1) is 0 Å². The molecular weight excluding hydrogens is 398 g/mol. The molecule has 6 heteroatoms. The molecular formula is C26H23N5O. The predicted molar refractivity (Wildman–Crippen MR) is 128 cm³/mol. The molecule has 0 amide bonds. The first-order chi connectivity index (χ1) is 15.7. The lowest BCUT2D eigenvalue weighted by Crippen LogP contribution is -2.21. The lowest BCUT2D eigenvalue weighted by molar-refractivity contribution is 0.415. The second kappa shape index (κ2) is 8.20. The van der Waals surface area contributed by atoms with Crippen molar-refractivity contribution in [3.05, 3.63) is 66.2 Å². The summed E-state index contributed by atoms with van der Waals surface area (Å²) in [6.07, 6.45) is 2.16. The lowest BCUT2D eigenvalue weighted by atomic mass is 9.97. The molecule has 1 aliphatic rings. The first-order valence-corrected chi connectivity index (χ1v) is 10.7. The van der Waals surface area contributed by atoms with Gasteiger partial charge in [-0.25, -0.2) is 9.97 Å². The lowest BCUT2D eigenvalue weighted by Gasteiger charge is -2.21. The Morgan fingerprint density at radius 3 is 2.34 bits per heavy atom. The van der Waals surface area contributed by atoms with Crippen molar-refractivity contribution in [3.8, 4) is 34.2 Å². The summed E-state index contributed by atoms with van der Waals surface area (Å²) in [5.74, 6) is 1.79. The van der Waals surface area contributed by atoms with E-state index in [0.717, 1.165) is 54.1 Å². The average Bonchev–Trinajstić information content (AvgIpc) is 3.39. The van der Waals surface area contributed by atoms with Gasteiger partial charge < -0.3 is 15.4 Å². The number of nitrogens with zero attached hydrogens (tertiary/aromatic N) is 4. The number of benzene rings is 2. The molecule has 0 radical (unpaired) electrons. The van der Waals surface area contributed by atoms with E-state index in [0.29, 0.717) is 28.1 Å². The van der Waals surface area contributed by atoms with Gasteiger partial charge in [0.25, 0.3) is 0 Å². The van der Waals surface area contributed by atoms with E-state index in [1.807, 2.05) is 60.7 Å². The molecule has 6 nitrogen and oxygen atoms in total. The topological polar surface area (TPSA) is 88.1 Å². The molecule has 0 spiro atoms. The van der Waals surface area contributed by atoms with Gasteiger partial charge in [-0.2, -0.15) is 5.26 Å². The van der Waals surface area contributed by atoms with Crippen LogP contribution < -0.4 is 15.4 Å².